The number of methoxy groups -OCH3 is 2. The van der Waals surface area contributed by atoms with Gasteiger partial charge in [-0.15, -0.1) is 6.58 Å². The minimum Gasteiger partial charge on any atom is -0.456 e. The summed E-state index contributed by atoms with van der Waals surface area (Å²) in [6.07, 6.45) is 5.10. The van der Waals surface area contributed by atoms with Gasteiger partial charge in [-0.25, -0.2) is 4.79 Å². The van der Waals surface area contributed by atoms with Gasteiger partial charge < -0.3 is 43.9 Å². The first kappa shape index (κ1) is 47.9. The highest BCUT2D eigenvalue weighted by Gasteiger charge is 2.56. The third-order valence-corrected chi connectivity index (χ3v) is 13.0. The molecule has 0 spiro atoms. The van der Waals surface area contributed by atoms with Gasteiger partial charge >= 0.3 is 5.97 Å². The van der Waals surface area contributed by atoms with Crippen molar-refractivity contribution in [2.45, 2.75) is 167 Å². The van der Waals surface area contributed by atoms with Crippen LogP contribution in [0.5, 0.6) is 0 Å². The number of rotatable bonds is 8. The first-order chi connectivity index (χ1) is 27.5. The molecule has 3 fully saturated rings. The number of allylic oxidation sites excluding steroid dienone is 3. The van der Waals surface area contributed by atoms with E-state index in [1.807, 2.05) is 32.9 Å². The maximum atomic E-state index is 14.3. The monoisotopic (exact) mass is 817 g/mol. The Balaban J connectivity index is 1.74. The Bertz CT molecular complexity index is 1500. The zero-order chi connectivity index (χ0) is 42.9. The predicted molar refractivity (Wildman–Crippen MR) is 217 cm³/mol. The number of aliphatic hydroxyl groups is 3. The molecular weight excluding hydrogens is 746 g/mol. The summed E-state index contributed by atoms with van der Waals surface area (Å²) in [6, 6.07) is -1.14. The van der Waals surface area contributed by atoms with Gasteiger partial charge in [0, 0.05) is 44.9 Å². The third kappa shape index (κ3) is 11.5. The topological polar surface area (TPSA) is 178 Å². The quantitative estimate of drug-likeness (QED) is 0.169. The molecule has 13 nitrogen and oxygen atoms in total. The van der Waals surface area contributed by atoms with Crippen LogP contribution in [-0.4, -0.2) is 126 Å². The normalized spacial score (nSPS) is 39.6. The Kier molecular flexibility index (Phi) is 17.9. The lowest BCUT2D eigenvalue weighted by molar-refractivity contribution is -0.302. The van der Waals surface area contributed by atoms with Crippen LogP contribution in [0.3, 0.4) is 0 Å². The molecule has 0 radical (unpaired) electrons. The van der Waals surface area contributed by atoms with E-state index >= 15 is 0 Å². The van der Waals surface area contributed by atoms with Crippen molar-refractivity contribution >= 4 is 23.4 Å². The zero-order valence-corrected chi connectivity index (χ0v) is 36.1. The summed E-state index contributed by atoms with van der Waals surface area (Å²) in [4.78, 5) is 57.8. The number of hydrogen-bond acceptors (Lipinski definition) is 12. The highest BCUT2D eigenvalue weighted by atomic mass is 16.7. The first-order valence-electron chi connectivity index (χ1n) is 21.5. The molecule has 14 unspecified atom stereocenters. The number of piperidine rings is 1. The standard InChI is InChI=1S/C45H71NO12/c1-10-18-56-37-16-15-31(24-36(37)49)22-28(5)40-30(7)34(47)25-35(48)32(11-2)20-26(3)19-27(4)21-38(54-8)41-39(55-9)23-29(6)45(53,58-41)42(50)43(51)46-17-13-12-14-33(46)44(52)57-40/h10,20,22,27,29-34,36-41,47,49,53H,1,11-19,21,23-25H2,2-9H3. The largest absolute Gasteiger partial charge is 0.456 e. The molecule has 13 heteroatoms. The summed E-state index contributed by atoms with van der Waals surface area (Å²) >= 11 is 0. The molecule has 3 heterocycles. The number of ketones is 2. The SMILES string of the molecule is C=CCOC1CCC(C=C(C)C2OC(=O)C3CCCCN3C(=O)C(=O)C3(O)OC(C(OC)CC(C)CC(C)=CC(CC)C(=O)CC(O)C2C)C(OC)CC3C)CC1O. The van der Waals surface area contributed by atoms with Crippen molar-refractivity contribution in [3.05, 3.63) is 36.0 Å². The van der Waals surface area contributed by atoms with Crippen LogP contribution in [0.4, 0.5) is 0 Å². The van der Waals surface area contributed by atoms with Crippen LogP contribution < -0.4 is 0 Å². The van der Waals surface area contributed by atoms with Crippen LogP contribution in [0.2, 0.25) is 0 Å². The van der Waals surface area contributed by atoms with E-state index in [9.17, 15) is 34.5 Å². The van der Waals surface area contributed by atoms with Crippen LogP contribution in [0, 0.1) is 29.6 Å². The van der Waals surface area contributed by atoms with Crippen molar-refractivity contribution in [2.75, 3.05) is 27.4 Å². The number of carbonyl (C=O) groups is 4. The molecule has 1 aliphatic carbocycles. The van der Waals surface area contributed by atoms with E-state index in [-0.39, 0.29) is 49.5 Å². The number of fused-ring (bicyclic) bond motifs is 3. The molecule has 58 heavy (non-hydrogen) atoms. The van der Waals surface area contributed by atoms with E-state index < -0.39 is 83.9 Å². The molecule has 0 aromatic rings. The second-order valence-corrected chi connectivity index (χ2v) is 17.5. The van der Waals surface area contributed by atoms with Crippen LogP contribution >= 0.6 is 0 Å². The van der Waals surface area contributed by atoms with Crippen LogP contribution in [0.25, 0.3) is 0 Å². The number of Topliss-reactive ketones (excluding diaryl/α,β-unsaturated/α-hetero) is 2. The minimum absolute atomic E-state index is 0.0306. The lowest BCUT2D eigenvalue weighted by Crippen LogP contribution is -2.64. The van der Waals surface area contributed by atoms with Gasteiger partial charge in [-0.2, -0.15) is 0 Å². The molecule has 4 rings (SSSR count). The highest BCUT2D eigenvalue weighted by molar-refractivity contribution is 6.39. The van der Waals surface area contributed by atoms with Crippen LogP contribution in [-0.2, 0) is 42.9 Å². The molecule has 2 saturated heterocycles. The fourth-order valence-corrected chi connectivity index (χ4v) is 9.53. The Morgan fingerprint density at radius 1 is 0.966 bits per heavy atom. The Morgan fingerprint density at radius 2 is 1.66 bits per heavy atom. The van der Waals surface area contributed by atoms with E-state index in [2.05, 4.69) is 6.58 Å². The predicted octanol–water partition coefficient (Wildman–Crippen LogP) is 5.03. The van der Waals surface area contributed by atoms with Crippen molar-refractivity contribution in [3.63, 3.8) is 0 Å². The second-order valence-electron chi connectivity index (χ2n) is 17.5. The average Bonchev–Trinajstić information content (AvgIpc) is 3.20. The van der Waals surface area contributed by atoms with Crippen molar-refractivity contribution in [1.29, 1.82) is 0 Å². The van der Waals surface area contributed by atoms with Gasteiger partial charge in [0.05, 0.1) is 37.1 Å². The van der Waals surface area contributed by atoms with E-state index in [0.29, 0.717) is 63.5 Å². The van der Waals surface area contributed by atoms with E-state index in [4.69, 9.17) is 23.7 Å². The van der Waals surface area contributed by atoms with Gasteiger partial charge in [0.15, 0.2) is 0 Å². The molecule has 14 atom stereocenters. The van der Waals surface area contributed by atoms with Crippen molar-refractivity contribution in [2.24, 2.45) is 29.6 Å². The summed E-state index contributed by atoms with van der Waals surface area (Å²) in [6.45, 7) is 15.2. The van der Waals surface area contributed by atoms with E-state index in [1.165, 1.54) is 19.1 Å². The molecule has 328 valence electrons. The average molecular weight is 818 g/mol. The molecule has 4 aliphatic rings. The van der Waals surface area contributed by atoms with Crippen LogP contribution in [0.15, 0.2) is 36.0 Å². The summed E-state index contributed by atoms with van der Waals surface area (Å²) in [5, 5.41) is 34.6. The smallest absolute Gasteiger partial charge is 0.329 e. The fraction of sp³-hybridized carbons (Fsp3) is 0.778. The maximum Gasteiger partial charge on any atom is 0.329 e. The number of carbonyl (C=O) groups excluding carboxylic acids is 4. The number of esters is 1. The van der Waals surface area contributed by atoms with Gasteiger partial charge in [-0.05, 0) is 95.5 Å². The van der Waals surface area contributed by atoms with Crippen LogP contribution in [0.1, 0.15) is 112 Å². The lowest BCUT2D eigenvalue weighted by Gasteiger charge is -2.47. The lowest BCUT2D eigenvalue weighted by atomic mass is 9.81. The van der Waals surface area contributed by atoms with Gasteiger partial charge in [0.25, 0.3) is 11.7 Å². The van der Waals surface area contributed by atoms with E-state index in [0.717, 1.165) is 5.57 Å². The number of nitrogens with zero attached hydrogens (tertiary/aromatic N) is 1. The summed E-state index contributed by atoms with van der Waals surface area (Å²) in [7, 11) is 3.06. The molecule has 0 aromatic heterocycles. The summed E-state index contributed by atoms with van der Waals surface area (Å²) < 4.78 is 30.0. The Morgan fingerprint density at radius 3 is 2.29 bits per heavy atom. The number of aliphatic hydroxyl groups excluding tert-OH is 2. The second kappa shape index (κ2) is 21.7. The van der Waals surface area contributed by atoms with E-state index in [1.54, 1.807) is 26.8 Å². The summed E-state index contributed by atoms with van der Waals surface area (Å²) in [5.41, 5.74) is 1.63. The molecule has 2 bridgehead atoms. The van der Waals surface area contributed by atoms with Gasteiger partial charge in [0.1, 0.15) is 24.0 Å². The molecule has 3 aliphatic heterocycles. The highest BCUT2D eigenvalue weighted by Crippen LogP contribution is 2.39. The fourth-order valence-electron chi connectivity index (χ4n) is 9.53. The number of cyclic esters (lactones) is 1. The zero-order valence-electron chi connectivity index (χ0n) is 36.1. The maximum absolute atomic E-state index is 14.3. The molecule has 3 N–H and O–H groups in total. The molecule has 1 amide bonds. The summed E-state index contributed by atoms with van der Waals surface area (Å²) in [5.74, 6) is -7.65. The number of amides is 1. The molecular formula is C45H71NO12. The molecule has 0 aromatic carbocycles. The Labute approximate surface area is 345 Å². The third-order valence-electron chi connectivity index (χ3n) is 13.0. The van der Waals surface area contributed by atoms with Gasteiger partial charge in [-0.1, -0.05) is 51.5 Å². The minimum atomic E-state index is -2.51. The molecule has 1 saturated carbocycles. The van der Waals surface area contributed by atoms with Gasteiger partial charge in [-0.3, -0.25) is 14.4 Å². The van der Waals surface area contributed by atoms with Crippen molar-refractivity contribution in [3.8, 4) is 0 Å². The Hall–Kier alpha value is -2.78. The van der Waals surface area contributed by atoms with Crippen molar-refractivity contribution in [1.82, 2.24) is 4.90 Å². The first-order valence-corrected chi connectivity index (χ1v) is 21.5. The number of ether oxygens (including phenoxy) is 5. The van der Waals surface area contributed by atoms with Gasteiger partial charge in [0.2, 0.25) is 5.79 Å². The van der Waals surface area contributed by atoms with Crippen molar-refractivity contribution < 1.29 is 58.2 Å². The number of hydrogen-bond donors (Lipinski definition) is 3.